The number of nitrogens with zero attached hydrogens (tertiary/aromatic N) is 2. The summed E-state index contributed by atoms with van der Waals surface area (Å²) in [6.45, 7) is 3.57. The van der Waals surface area contributed by atoms with Crippen LogP contribution < -0.4 is 29.6 Å². The van der Waals surface area contributed by atoms with Gasteiger partial charge >= 0.3 is 12.3 Å². The van der Waals surface area contributed by atoms with Crippen molar-refractivity contribution in [2.75, 3.05) is 27.4 Å². The van der Waals surface area contributed by atoms with Gasteiger partial charge in [0, 0.05) is 23.8 Å². The molecule has 61 heavy (non-hydrogen) atoms. The van der Waals surface area contributed by atoms with Crippen LogP contribution in [0.1, 0.15) is 79.1 Å². The van der Waals surface area contributed by atoms with Gasteiger partial charge in [-0.15, -0.1) is 0 Å². The molecule has 3 N–H and O–H groups in total. The summed E-state index contributed by atoms with van der Waals surface area (Å²) in [5, 5.41) is 6.29. The van der Waals surface area contributed by atoms with Crippen molar-refractivity contribution in [1.29, 1.82) is 0 Å². The molecule has 3 heterocycles. The highest BCUT2D eigenvalue weighted by molar-refractivity contribution is 7.91. The first-order chi connectivity index (χ1) is 28.6. The molecule has 2 aliphatic carbocycles. The number of methoxy groups -OCH3 is 2. The number of alkyl halides is 4. The number of alkyl carbamates (subject to hydrolysis) is 1. The lowest BCUT2D eigenvalue weighted by Crippen LogP contribution is -2.60. The molecular formula is C41H53F4N5O10S. The van der Waals surface area contributed by atoms with Crippen LogP contribution in [0.15, 0.2) is 36.4 Å². The lowest BCUT2D eigenvalue weighted by atomic mass is 9.85. The quantitative estimate of drug-likeness (QED) is 0.197. The number of ether oxygens (including phenoxy) is 4. The van der Waals surface area contributed by atoms with E-state index in [1.807, 2.05) is 17.7 Å². The van der Waals surface area contributed by atoms with Crippen LogP contribution in [0.4, 0.5) is 22.4 Å². The number of carbonyl (C=O) groups excluding carboxylic acids is 4. The number of rotatable bonds is 11. The lowest BCUT2D eigenvalue weighted by molar-refractivity contribution is -0.244. The highest BCUT2D eigenvalue weighted by Gasteiger charge is 2.64. The van der Waals surface area contributed by atoms with Crippen molar-refractivity contribution < 1.29 is 64.1 Å². The van der Waals surface area contributed by atoms with Crippen LogP contribution in [-0.2, 0) is 29.1 Å². The van der Waals surface area contributed by atoms with Crippen LogP contribution in [0.3, 0.4) is 0 Å². The molecule has 20 heteroatoms. The third kappa shape index (κ3) is 9.33. The number of benzene rings is 1. The van der Waals surface area contributed by atoms with E-state index in [1.165, 1.54) is 14.2 Å². The standard InChI is InChI=1S/C41H53F4N5O10S/c1-7-24-16-23(2)10-8-9-11-26-20-40(26,36(53)49-61(55,56)39(22-42)14-15-39)48-33(51)30-19-28(59-34-29-13-12-27(57-5)17-25(29)18-31(46-34)58-6)21-50(30)35(52)32(24)47-37(54)60-38(3,4)41(43,44)45/h9,11-13,17-18,23-24,26,28,30,32H,7-8,10,14-16,19-22H2,1-6H3,(H,47,54)(H,48,51)(H,49,53)/b11-9-/t23-,24+,26?,28+,30-,32-,40+/m0/s1. The number of hydrogen-bond acceptors (Lipinski definition) is 11. The molecule has 0 radical (unpaired) electrons. The van der Waals surface area contributed by atoms with E-state index in [9.17, 15) is 45.2 Å². The molecule has 1 aromatic carbocycles. The zero-order valence-electron chi connectivity index (χ0n) is 34.9. The van der Waals surface area contributed by atoms with Gasteiger partial charge in [0.25, 0.3) is 5.91 Å². The van der Waals surface area contributed by atoms with Gasteiger partial charge in [-0.2, -0.15) is 18.2 Å². The Hall–Kier alpha value is -4.88. The summed E-state index contributed by atoms with van der Waals surface area (Å²) in [5.41, 5.74) is -4.70. The Bertz CT molecular complexity index is 2160. The van der Waals surface area contributed by atoms with Crippen LogP contribution in [0, 0.1) is 17.8 Å². The molecule has 7 atom stereocenters. The minimum Gasteiger partial charge on any atom is -0.497 e. The molecule has 4 aliphatic rings. The van der Waals surface area contributed by atoms with Crippen molar-refractivity contribution in [3.05, 3.63) is 36.4 Å². The van der Waals surface area contributed by atoms with Gasteiger partial charge in [-0.05, 0) is 87.8 Å². The monoisotopic (exact) mass is 883 g/mol. The molecule has 2 aromatic rings. The maximum atomic E-state index is 15.0. The fourth-order valence-corrected chi connectivity index (χ4v) is 9.50. The predicted octanol–water partition coefficient (Wildman–Crippen LogP) is 5.26. The summed E-state index contributed by atoms with van der Waals surface area (Å²) in [7, 11) is -1.57. The van der Waals surface area contributed by atoms with Crippen LogP contribution >= 0.6 is 0 Å². The second-order valence-corrected chi connectivity index (χ2v) is 19.2. The maximum absolute atomic E-state index is 15.0. The van der Waals surface area contributed by atoms with E-state index in [2.05, 4.69) is 15.6 Å². The first-order valence-electron chi connectivity index (χ1n) is 20.3. The zero-order valence-corrected chi connectivity index (χ0v) is 35.7. The van der Waals surface area contributed by atoms with E-state index >= 15 is 0 Å². The number of nitrogens with one attached hydrogen (secondary N) is 3. The third-order valence-electron chi connectivity index (χ3n) is 12.4. The average Bonchev–Trinajstić information content (AvgIpc) is 4.11. The largest absolute Gasteiger partial charge is 0.497 e. The molecule has 2 aliphatic heterocycles. The normalized spacial score (nSPS) is 28.5. The van der Waals surface area contributed by atoms with E-state index in [4.69, 9.17) is 18.9 Å². The summed E-state index contributed by atoms with van der Waals surface area (Å²) in [6.07, 6.45) is -2.31. The van der Waals surface area contributed by atoms with Gasteiger partial charge in [0.2, 0.25) is 39.2 Å². The number of fused-ring (bicyclic) bond motifs is 3. The molecule has 2 saturated carbocycles. The van der Waals surface area contributed by atoms with Gasteiger partial charge in [-0.1, -0.05) is 32.4 Å². The Morgan fingerprint density at radius 1 is 1.08 bits per heavy atom. The summed E-state index contributed by atoms with van der Waals surface area (Å²) in [5.74, 6) is -3.31. The number of amides is 4. The van der Waals surface area contributed by atoms with Gasteiger partial charge in [-0.3, -0.25) is 19.1 Å². The number of allylic oxidation sites excluding steroid dienone is 1. The van der Waals surface area contributed by atoms with Crippen LogP contribution in [0.2, 0.25) is 0 Å². The number of sulfonamides is 1. The molecule has 336 valence electrons. The maximum Gasteiger partial charge on any atom is 0.427 e. The third-order valence-corrected chi connectivity index (χ3v) is 14.5. The predicted molar refractivity (Wildman–Crippen MR) is 213 cm³/mol. The molecule has 15 nitrogen and oxygen atoms in total. The van der Waals surface area contributed by atoms with Crippen molar-refractivity contribution in [2.24, 2.45) is 17.8 Å². The molecule has 1 saturated heterocycles. The van der Waals surface area contributed by atoms with Crippen molar-refractivity contribution in [3.8, 4) is 17.5 Å². The molecule has 0 bridgehead atoms. The van der Waals surface area contributed by atoms with Crippen LogP contribution in [0.5, 0.6) is 17.5 Å². The van der Waals surface area contributed by atoms with Crippen LogP contribution in [-0.4, -0.2) is 110 Å². The molecule has 4 amide bonds. The van der Waals surface area contributed by atoms with Crippen molar-refractivity contribution in [2.45, 2.75) is 119 Å². The SMILES string of the molecule is CC[C@@H]1C[C@@H](C)CC/C=C\C2C[C@@]2(C(=O)NS(=O)(=O)C2(CF)CC2)NC(=O)[C@@H]2C[C@@H](Oc3nc(OC)cc4cc(OC)ccc34)CN2C(=O)[C@H]1NC(=O)OC(C)(C)C(F)(F)F. The fraction of sp³-hybridized carbons (Fsp3) is 0.634. The van der Waals surface area contributed by atoms with E-state index in [0.717, 1.165) is 4.90 Å². The van der Waals surface area contributed by atoms with Crippen molar-refractivity contribution >= 4 is 44.6 Å². The number of aromatic nitrogens is 1. The smallest absolute Gasteiger partial charge is 0.427 e. The highest BCUT2D eigenvalue weighted by atomic mass is 32.2. The topological polar surface area (TPSA) is 192 Å². The summed E-state index contributed by atoms with van der Waals surface area (Å²) < 4.78 is 104. The summed E-state index contributed by atoms with van der Waals surface area (Å²) in [6, 6.07) is 3.89. The van der Waals surface area contributed by atoms with Crippen molar-refractivity contribution in [3.63, 3.8) is 0 Å². The molecule has 6 rings (SSSR count). The Balaban J connectivity index is 1.39. The fourth-order valence-electron chi connectivity index (χ4n) is 8.08. The number of pyridine rings is 1. The van der Waals surface area contributed by atoms with Gasteiger partial charge in [-0.25, -0.2) is 17.6 Å². The Labute approximate surface area is 351 Å². The molecule has 1 unspecified atom stereocenters. The van der Waals surface area contributed by atoms with Gasteiger partial charge in [0.1, 0.15) is 40.9 Å². The zero-order chi connectivity index (χ0) is 44.7. The molecule has 3 fully saturated rings. The van der Waals surface area contributed by atoms with Gasteiger partial charge in [0.15, 0.2) is 0 Å². The number of hydrogen-bond donors (Lipinski definition) is 3. The van der Waals surface area contributed by atoms with E-state index in [0.29, 0.717) is 56.1 Å². The molecular weight excluding hydrogens is 831 g/mol. The van der Waals surface area contributed by atoms with Crippen LogP contribution in [0.25, 0.3) is 10.8 Å². The Morgan fingerprint density at radius 3 is 2.43 bits per heavy atom. The van der Waals surface area contributed by atoms with E-state index in [-0.39, 0.29) is 49.9 Å². The molecule has 1 aromatic heterocycles. The number of carbonyl (C=O) groups is 4. The number of halogens is 4. The first-order valence-corrected chi connectivity index (χ1v) is 21.8. The first kappa shape index (κ1) is 45.6. The second-order valence-electron chi connectivity index (χ2n) is 17.1. The second kappa shape index (κ2) is 17.1. The summed E-state index contributed by atoms with van der Waals surface area (Å²) in [4.78, 5) is 62.4. The van der Waals surface area contributed by atoms with Crippen molar-refractivity contribution in [1.82, 2.24) is 25.2 Å². The average molecular weight is 884 g/mol. The lowest BCUT2D eigenvalue weighted by Gasteiger charge is -2.35. The van der Waals surface area contributed by atoms with E-state index in [1.54, 1.807) is 37.3 Å². The Morgan fingerprint density at radius 2 is 1.80 bits per heavy atom. The minimum absolute atomic E-state index is 0.00146. The molecule has 0 spiro atoms. The Kier molecular flexibility index (Phi) is 12.8. The van der Waals surface area contributed by atoms with Gasteiger partial charge < -0.3 is 34.5 Å². The highest BCUT2D eigenvalue weighted by Crippen LogP contribution is 2.48. The van der Waals surface area contributed by atoms with Gasteiger partial charge in [0.05, 0.1) is 20.8 Å². The minimum atomic E-state index is -4.94. The van der Waals surface area contributed by atoms with E-state index < -0.39 is 92.6 Å². The summed E-state index contributed by atoms with van der Waals surface area (Å²) >= 11 is 0.